The van der Waals surface area contributed by atoms with Crippen LogP contribution in [0.5, 0.6) is 0 Å². The van der Waals surface area contributed by atoms with Crippen molar-refractivity contribution in [2.75, 3.05) is 28.3 Å². The molecule has 0 spiro atoms. The van der Waals surface area contributed by atoms with Crippen molar-refractivity contribution in [3.63, 3.8) is 0 Å². The third-order valence-electron chi connectivity index (χ3n) is 7.22. The topological polar surface area (TPSA) is 288 Å². The van der Waals surface area contributed by atoms with E-state index in [1.54, 1.807) is 39.8 Å². The summed E-state index contributed by atoms with van der Waals surface area (Å²) in [5.74, 6) is -1.09. The Morgan fingerprint density at radius 1 is 0.561 bits per heavy atom. The first kappa shape index (κ1) is 66.1. The second-order valence-electron chi connectivity index (χ2n) is 12.0. The molecule has 0 saturated carbocycles. The number of nitrogens with one attached hydrogen (secondary N) is 5. The minimum atomic E-state index is -4.17. The van der Waals surface area contributed by atoms with Crippen molar-refractivity contribution >= 4 is 117 Å². The number of sulfonamides is 1. The summed E-state index contributed by atoms with van der Waals surface area (Å²) < 4.78 is 76.9. The monoisotopic (exact) mass is 1240 g/mol. The van der Waals surface area contributed by atoms with E-state index in [4.69, 9.17) is 26.0 Å². The number of anilines is 4. The van der Waals surface area contributed by atoms with Crippen molar-refractivity contribution in [3.05, 3.63) is 103 Å². The van der Waals surface area contributed by atoms with E-state index < -0.39 is 35.2 Å². The molecule has 25 heteroatoms. The first-order valence-corrected chi connectivity index (χ1v) is 31.7. The SMILES string of the molecule is C.CCC(=O)Nc1ccc(S(=O)(=O)Cl)cc1.CCC(=O)Nc1ccc(S(=O)(=O)NC)cc1.CCC(=O)Nc1ccc(S(=O)(=O)O)cc1.CCC(=O)Nc1ccccc1.CCC(=O)O.[3HH].[3HH].[3HH].[3HH].[3HH].[B][I-]I. The Hall–Kier alpha value is -4.19. The number of para-hydroxylation sites is 1. The van der Waals surface area contributed by atoms with Gasteiger partial charge in [-0.2, -0.15) is 8.42 Å². The number of halogens is 3. The fourth-order valence-electron chi connectivity index (χ4n) is 3.77. The van der Waals surface area contributed by atoms with E-state index in [1.807, 2.05) is 37.3 Å². The number of hydrogen-bond donors (Lipinski definition) is 7. The summed E-state index contributed by atoms with van der Waals surface area (Å²) in [4.78, 5) is 53.3. The summed E-state index contributed by atoms with van der Waals surface area (Å²) in [5.41, 5.74) is 7.43. The van der Waals surface area contributed by atoms with Gasteiger partial charge in [0.1, 0.15) is 0 Å². The second kappa shape index (κ2) is 35.9. The molecule has 7 N–H and O–H groups in total. The van der Waals surface area contributed by atoms with Crippen LogP contribution in [0.15, 0.2) is 118 Å². The van der Waals surface area contributed by atoms with E-state index >= 15 is 0 Å². The fourth-order valence-corrected chi connectivity index (χ4v) is 5.75. The number of carbonyl (C=O) groups is 5. The molecule has 0 unspecified atom stereocenters. The molecule has 4 aromatic carbocycles. The summed E-state index contributed by atoms with van der Waals surface area (Å²) in [6, 6.07) is 26.4. The van der Waals surface area contributed by atoms with Gasteiger partial charge in [0.2, 0.25) is 33.7 Å². The van der Waals surface area contributed by atoms with Crippen LogP contribution in [0.4, 0.5) is 22.7 Å². The Balaban J connectivity index is -0.000000115. The van der Waals surface area contributed by atoms with E-state index in [0.29, 0.717) is 42.7 Å². The van der Waals surface area contributed by atoms with Crippen LogP contribution < -0.4 is 43.0 Å². The van der Waals surface area contributed by atoms with Crippen molar-refractivity contribution in [1.82, 2.24) is 4.72 Å². The normalized spacial score (nSPS) is 10.1. The fraction of sp³-hybridized carbons (Fsp3) is 0.293. The molecule has 18 nitrogen and oxygen atoms in total. The Kier molecular flexibility index (Phi) is 36.0. The van der Waals surface area contributed by atoms with Crippen LogP contribution in [0.3, 0.4) is 0 Å². The molecule has 4 rings (SSSR count). The number of hydrogen-bond acceptors (Lipinski definition) is 11. The molecule has 0 aliphatic carbocycles. The average molecular weight is 1240 g/mol. The van der Waals surface area contributed by atoms with Crippen LogP contribution in [0.2, 0.25) is 0 Å². The summed E-state index contributed by atoms with van der Waals surface area (Å²) in [5, 5.41) is 18.3. The van der Waals surface area contributed by atoms with Gasteiger partial charge in [-0.05, 0) is 92.0 Å². The molecule has 376 valence electrons. The molecule has 0 heterocycles. The molecular formula is C41H66BClI2N5O13S3-. The Labute approximate surface area is 421 Å². The summed E-state index contributed by atoms with van der Waals surface area (Å²) >= 11 is 2.24. The molecule has 0 fully saturated rings. The Morgan fingerprint density at radius 3 is 1.05 bits per heavy atom. The molecule has 0 atom stereocenters. The third-order valence-corrected chi connectivity index (χ3v) is 10.9. The Morgan fingerprint density at radius 2 is 0.818 bits per heavy atom. The van der Waals surface area contributed by atoms with Crippen molar-refractivity contribution < 1.29 is 83.0 Å². The van der Waals surface area contributed by atoms with Crippen molar-refractivity contribution in [3.8, 4) is 0 Å². The predicted molar refractivity (Wildman–Crippen MR) is 276 cm³/mol. The number of carboxylic acid groups (broad SMARTS) is 1. The van der Waals surface area contributed by atoms with E-state index in [2.05, 4.69) is 44.6 Å². The quantitative estimate of drug-likeness (QED) is 0.0346. The molecule has 0 aliphatic heterocycles. The second-order valence-corrected chi connectivity index (χ2v) is 21.5. The molecule has 4 amide bonds. The van der Waals surface area contributed by atoms with E-state index in [9.17, 15) is 49.2 Å². The molecule has 2 radical (unpaired) electrons. The van der Waals surface area contributed by atoms with E-state index in [-0.39, 0.29) is 76.3 Å². The summed E-state index contributed by atoms with van der Waals surface area (Å²) in [6.45, 7) is 8.62. The van der Waals surface area contributed by atoms with Gasteiger partial charge < -0.3 is 26.4 Å². The van der Waals surface area contributed by atoms with Gasteiger partial charge in [0.25, 0.3) is 19.2 Å². The zero-order valence-corrected chi connectivity index (χ0v) is 43.7. The minimum absolute atomic E-state index is 0. The van der Waals surface area contributed by atoms with Crippen molar-refractivity contribution in [1.29, 1.82) is 0 Å². The van der Waals surface area contributed by atoms with Gasteiger partial charge in [-0.15, -0.1) is 0 Å². The van der Waals surface area contributed by atoms with Gasteiger partial charge >= 0.3 is 47.3 Å². The summed E-state index contributed by atoms with van der Waals surface area (Å²) in [6.07, 6.45) is 1.85. The average Bonchev–Trinajstić information content (AvgIpc) is 3.27. The Bertz CT molecular complexity index is 2340. The van der Waals surface area contributed by atoms with Crippen LogP contribution >= 0.6 is 29.3 Å². The van der Waals surface area contributed by atoms with Crippen LogP contribution in [-0.4, -0.2) is 77.3 Å². The molecule has 66 heavy (non-hydrogen) atoms. The van der Waals surface area contributed by atoms with Gasteiger partial charge in [0.15, 0.2) is 0 Å². The first-order chi connectivity index (χ1) is 30.4. The van der Waals surface area contributed by atoms with E-state index in [1.165, 1.54) is 67.7 Å². The third kappa shape index (κ3) is 31.7. The number of rotatable bonds is 13. The van der Waals surface area contributed by atoms with Gasteiger partial charge in [-0.3, -0.25) is 28.5 Å². The van der Waals surface area contributed by atoms with Crippen LogP contribution in [0, 0.1) is 0 Å². The number of benzene rings is 4. The zero-order valence-electron chi connectivity index (χ0n) is 36.2. The van der Waals surface area contributed by atoms with E-state index in [0.717, 1.165) is 5.69 Å². The number of carbonyl (C=O) groups excluding carboxylic acids is 4. The van der Waals surface area contributed by atoms with Crippen LogP contribution in [0.1, 0.15) is 81.3 Å². The number of amides is 4. The number of aliphatic carboxylic acids is 1. The van der Waals surface area contributed by atoms with Gasteiger partial charge in [0, 0.05) is 72.7 Å². The predicted octanol–water partition coefficient (Wildman–Crippen LogP) is 6.08. The molecule has 0 aliphatic rings. The standard InChI is InChI=1S/C10H14N2O3S.C9H10ClNO3S.C9H11NO4S.C9H11NO.C3H6O2.CH4.BI2.5H2/c1-3-10(13)12-8-4-6-9(7-5-8)16(14,15)11-2;1-2-9(12)11-7-3-5-8(6-4-7)15(10,13)14;1-2-9(11)10-7-3-5-8(6-4-7)15(12,13)14;1-2-9(11)10-8-6-4-3-5-7-8;1-2-3(4)5;;1-3-2;;;;;/h4-7,11H,3H2,1-2H3,(H,12,13);3-6H,2H2,1H3,(H,11,12);3-6H,2H2,1H3,(H,10,11)(H,12,13,14);3-7H,2H2,1H3,(H,10,11);2H2,1H3,(H,4,5);1H4;;5*1H/q;;;;;;-1;;;;;/i;;;;;;;5*1+2. The van der Waals surface area contributed by atoms with Gasteiger partial charge in [-0.25, -0.2) is 21.6 Å². The molecule has 0 bridgehead atoms. The van der Waals surface area contributed by atoms with Gasteiger partial charge in [-0.1, -0.05) is 60.2 Å². The zero-order chi connectivity index (χ0) is 50.2. The first-order valence-electron chi connectivity index (χ1n) is 18.9. The van der Waals surface area contributed by atoms with Gasteiger partial charge in [0.05, 0.1) is 14.7 Å². The van der Waals surface area contributed by atoms with Crippen molar-refractivity contribution in [2.24, 2.45) is 0 Å². The van der Waals surface area contributed by atoms with Crippen molar-refractivity contribution in [2.45, 2.75) is 88.8 Å². The molecule has 0 saturated heterocycles. The molecule has 4 aromatic rings. The maximum atomic E-state index is 11.4. The maximum absolute atomic E-state index is 11.4. The molecule has 0 aromatic heterocycles. The van der Waals surface area contributed by atoms with Crippen LogP contribution in [0.25, 0.3) is 0 Å². The van der Waals surface area contributed by atoms with Crippen LogP contribution in [-0.2, 0) is 53.2 Å². The molecular weight excluding hydrogens is 1170 g/mol. The number of carboxylic acids is 1. The summed E-state index contributed by atoms with van der Waals surface area (Å²) in [7, 11) is -4.79.